The molecule has 0 bridgehead atoms. The average Bonchev–Trinajstić information content (AvgIpc) is 3.17. The molecule has 1 amide bonds. The fourth-order valence-electron chi connectivity index (χ4n) is 3.01. The first-order valence-corrected chi connectivity index (χ1v) is 8.14. The highest BCUT2D eigenvalue weighted by molar-refractivity contribution is 8.02. The summed E-state index contributed by atoms with van der Waals surface area (Å²) in [6, 6.07) is 6.67. The third-order valence-electron chi connectivity index (χ3n) is 4.13. The zero-order valence-corrected chi connectivity index (χ0v) is 13.2. The van der Waals surface area contributed by atoms with Crippen LogP contribution in [-0.2, 0) is 9.59 Å². The van der Waals surface area contributed by atoms with E-state index in [0.29, 0.717) is 24.3 Å². The molecule has 1 unspecified atom stereocenters. The van der Waals surface area contributed by atoms with E-state index in [1.54, 1.807) is 18.2 Å². The van der Waals surface area contributed by atoms with E-state index in [9.17, 15) is 14.9 Å². The normalized spacial score (nSPS) is 25.6. The maximum Gasteiger partial charge on any atom is 0.238 e. The second-order valence-corrected chi connectivity index (χ2v) is 6.85. The number of likely N-dealkylation sites (tertiary alicyclic amines) is 1. The fraction of sp³-hybridized carbons (Fsp3) is 0.400. The number of anilines is 2. The third-order valence-corrected chi connectivity index (χ3v) is 5.39. The molecule has 5 N–H and O–H groups in total. The molecule has 0 aliphatic carbocycles. The lowest BCUT2D eigenvalue weighted by atomic mass is 10.0. The Bertz CT molecular complexity index is 716. The van der Waals surface area contributed by atoms with Crippen molar-refractivity contribution in [1.82, 2.24) is 4.90 Å². The number of hydrogen-bond acceptors (Lipinski definition) is 7. The van der Waals surface area contributed by atoms with Gasteiger partial charge in [0.05, 0.1) is 18.3 Å². The largest absolute Gasteiger partial charge is 0.399 e. The second-order valence-electron chi connectivity index (χ2n) is 5.59. The Morgan fingerprint density at radius 2 is 2.30 bits per heavy atom. The summed E-state index contributed by atoms with van der Waals surface area (Å²) in [5.41, 5.74) is 12.5. The molecule has 2 heterocycles. The SMILES string of the molecule is N#CC1(C(=O)[C@@H]2CCCN2C(=O)CN)Nc2ccc(N)cc2S1. The molecule has 1 aromatic carbocycles. The molecular weight excluding hydrogens is 314 g/mol. The molecule has 2 atom stereocenters. The number of ketones is 1. The number of hydrogen-bond donors (Lipinski definition) is 3. The molecule has 2 aliphatic rings. The molecule has 23 heavy (non-hydrogen) atoms. The van der Waals surface area contributed by atoms with Crippen molar-refractivity contribution >= 4 is 34.8 Å². The maximum atomic E-state index is 13.0. The molecule has 0 saturated carbocycles. The highest BCUT2D eigenvalue weighted by Gasteiger charge is 2.50. The molecule has 8 heteroatoms. The number of nitrogens with zero attached hydrogens (tertiary/aromatic N) is 2. The summed E-state index contributed by atoms with van der Waals surface area (Å²) >= 11 is 1.14. The van der Waals surface area contributed by atoms with E-state index in [-0.39, 0.29) is 18.2 Å². The van der Waals surface area contributed by atoms with Gasteiger partial charge in [-0.2, -0.15) is 5.26 Å². The van der Waals surface area contributed by atoms with Gasteiger partial charge in [-0.1, -0.05) is 11.8 Å². The van der Waals surface area contributed by atoms with E-state index in [1.165, 1.54) is 4.90 Å². The first kappa shape index (κ1) is 15.6. The lowest BCUT2D eigenvalue weighted by Crippen LogP contribution is -2.52. The number of benzene rings is 1. The average molecular weight is 331 g/mol. The van der Waals surface area contributed by atoms with Crippen LogP contribution in [0.15, 0.2) is 23.1 Å². The molecule has 0 spiro atoms. The van der Waals surface area contributed by atoms with E-state index in [0.717, 1.165) is 23.1 Å². The van der Waals surface area contributed by atoms with Crippen molar-refractivity contribution in [1.29, 1.82) is 5.26 Å². The Morgan fingerprint density at radius 3 is 3.00 bits per heavy atom. The van der Waals surface area contributed by atoms with Crippen molar-refractivity contribution < 1.29 is 9.59 Å². The molecule has 1 saturated heterocycles. The van der Waals surface area contributed by atoms with Gasteiger partial charge in [0.1, 0.15) is 6.07 Å². The minimum atomic E-state index is -1.43. The van der Waals surface area contributed by atoms with Crippen molar-refractivity contribution in [3.05, 3.63) is 18.2 Å². The Balaban J connectivity index is 1.89. The number of amides is 1. The number of fused-ring (bicyclic) bond motifs is 1. The molecule has 0 radical (unpaired) electrons. The Kier molecular flexibility index (Phi) is 3.92. The van der Waals surface area contributed by atoms with Crippen LogP contribution in [0.4, 0.5) is 11.4 Å². The Labute approximate surface area is 138 Å². The van der Waals surface area contributed by atoms with Crippen LogP contribution >= 0.6 is 11.8 Å². The topological polar surface area (TPSA) is 125 Å². The van der Waals surface area contributed by atoms with Gasteiger partial charge in [0.25, 0.3) is 0 Å². The monoisotopic (exact) mass is 331 g/mol. The van der Waals surface area contributed by atoms with Crippen LogP contribution in [0.3, 0.4) is 0 Å². The molecule has 1 fully saturated rings. The third kappa shape index (κ3) is 2.52. The number of rotatable bonds is 3. The van der Waals surface area contributed by atoms with Gasteiger partial charge in [-0.15, -0.1) is 0 Å². The summed E-state index contributed by atoms with van der Waals surface area (Å²) in [6.45, 7) is 0.360. The summed E-state index contributed by atoms with van der Waals surface area (Å²) < 4.78 is 0. The number of nitrogens with one attached hydrogen (secondary N) is 1. The summed E-state index contributed by atoms with van der Waals surface area (Å²) in [6.07, 6.45) is 1.28. The number of nitrogens with two attached hydrogens (primary N) is 2. The van der Waals surface area contributed by atoms with Crippen molar-refractivity contribution in [2.24, 2.45) is 5.73 Å². The number of thioether (sulfide) groups is 1. The van der Waals surface area contributed by atoms with E-state index in [1.807, 2.05) is 0 Å². The molecular formula is C15H17N5O2S. The predicted octanol–water partition coefficient (Wildman–Crippen LogP) is 0.525. The van der Waals surface area contributed by atoms with Gasteiger partial charge in [0.2, 0.25) is 16.6 Å². The van der Waals surface area contributed by atoms with E-state index < -0.39 is 10.9 Å². The second kappa shape index (κ2) is 5.76. The van der Waals surface area contributed by atoms with Crippen molar-refractivity contribution in [2.75, 3.05) is 24.1 Å². The first-order chi connectivity index (χ1) is 11.0. The molecule has 3 rings (SSSR count). The highest BCUT2D eigenvalue weighted by Crippen LogP contribution is 2.47. The molecule has 7 nitrogen and oxygen atoms in total. The number of Topliss-reactive ketones (excluding diaryl/α,β-unsaturated/α-hetero) is 1. The quantitative estimate of drug-likeness (QED) is 0.690. The highest BCUT2D eigenvalue weighted by atomic mass is 32.2. The van der Waals surface area contributed by atoms with Crippen LogP contribution in [0.1, 0.15) is 12.8 Å². The van der Waals surface area contributed by atoms with Gasteiger partial charge in [-0.3, -0.25) is 9.59 Å². The zero-order chi connectivity index (χ0) is 16.6. The fourth-order valence-corrected chi connectivity index (χ4v) is 4.21. The lowest BCUT2D eigenvalue weighted by Gasteiger charge is -2.29. The van der Waals surface area contributed by atoms with Gasteiger partial charge >= 0.3 is 0 Å². The van der Waals surface area contributed by atoms with Gasteiger partial charge in [-0.05, 0) is 31.0 Å². The smallest absolute Gasteiger partial charge is 0.238 e. The number of nitrogen functional groups attached to an aromatic ring is 1. The van der Waals surface area contributed by atoms with E-state index in [4.69, 9.17) is 11.5 Å². The maximum absolute atomic E-state index is 13.0. The standard InChI is InChI=1S/C15H17N5O2S/c16-7-13(21)20-5-1-2-11(20)14(22)15(8-17)19-10-4-3-9(18)6-12(10)23-15/h3-4,6,11,19H,1-2,5,7,16,18H2/t11-,15?/m0/s1. The predicted molar refractivity (Wildman–Crippen MR) is 87.5 cm³/mol. The van der Waals surface area contributed by atoms with Crippen molar-refractivity contribution in [3.8, 4) is 6.07 Å². The van der Waals surface area contributed by atoms with Gasteiger partial charge in [-0.25, -0.2) is 0 Å². The van der Waals surface area contributed by atoms with Crippen molar-refractivity contribution in [2.45, 2.75) is 28.6 Å². The summed E-state index contributed by atoms with van der Waals surface area (Å²) in [7, 11) is 0. The van der Waals surface area contributed by atoms with E-state index in [2.05, 4.69) is 11.4 Å². The Morgan fingerprint density at radius 1 is 1.52 bits per heavy atom. The summed E-state index contributed by atoms with van der Waals surface area (Å²) in [5, 5.41) is 12.7. The first-order valence-electron chi connectivity index (χ1n) is 7.32. The molecule has 120 valence electrons. The summed E-state index contributed by atoms with van der Waals surface area (Å²) in [4.78, 5) is 25.7. The lowest BCUT2D eigenvalue weighted by molar-refractivity contribution is -0.136. The van der Waals surface area contributed by atoms with Crippen LogP contribution in [0.2, 0.25) is 0 Å². The molecule has 0 aromatic heterocycles. The van der Waals surface area contributed by atoms with Crippen LogP contribution < -0.4 is 16.8 Å². The molecule has 2 aliphatic heterocycles. The Hall–Kier alpha value is -2.24. The zero-order valence-electron chi connectivity index (χ0n) is 12.4. The van der Waals surface area contributed by atoms with Gasteiger partial charge < -0.3 is 21.7 Å². The van der Waals surface area contributed by atoms with Gasteiger partial charge in [0.15, 0.2) is 0 Å². The van der Waals surface area contributed by atoms with E-state index >= 15 is 0 Å². The number of nitriles is 1. The minimum Gasteiger partial charge on any atom is -0.399 e. The minimum absolute atomic E-state index is 0.138. The van der Waals surface area contributed by atoms with Crippen molar-refractivity contribution in [3.63, 3.8) is 0 Å². The van der Waals surface area contributed by atoms with Gasteiger partial charge in [0, 0.05) is 17.1 Å². The molecule has 1 aromatic rings. The van der Waals surface area contributed by atoms with Crippen LogP contribution in [0.5, 0.6) is 0 Å². The number of carbonyl (C=O) groups excluding carboxylic acids is 2. The summed E-state index contributed by atoms with van der Waals surface area (Å²) in [5.74, 6) is -0.572. The van der Waals surface area contributed by atoms with Crippen LogP contribution in [0.25, 0.3) is 0 Å². The van der Waals surface area contributed by atoms with Crippen LogP contribution in [0, 0.1) is 11.3 Å². The van der Waals surface area contributed by atoms with Crippen LogP contribution in [-0.4, -0.2) is 40.6 Å². The number of carbonyl (C=O) groups is 2.